The van der Waals surface area contributed by atoms with Crippen molar-refractivity contribution >= 4 is 0 Å². The van der Waals surface area contributed by atoms with Crippen molar-refractivity contribution in [2.24, 2.45) is 5.92 Å². The lowest BCUT2D eigenvalue weighted by molar-refractivity contribution is -0.645. The summed E-state index contributed by atoms with van der Waals surface area (Å²) >= 11 is 0. The molecule has 0 radical (unpaired) electrons. The third kappa shape index (κ3) is 1.39. The van der Waals surface area contributed by atoms with Gasteiger partial charge in [-0.3, -0.25) is 0 Å². The van der Waals surface area contributed by atoms with E-state index in [9.17, 15) is 0 Å². The lowest BCUT2D eigenvalue weighted by Crippen LogP contribution is -2.77. The van der Waals surface area contributed by atoms with Gasteiger partial charge in [0.05, 0.1) is 7.05 Å². The molecule has 0 amide bonds. The van der Waals surface area contributed by atoms with Gasteiger partial charge in [-0.2, -0.15) is 0 Å². The molecule has 0 saturated heterocycles. The lowest BCUT2D eigenvalue weighted by Gasteiger charge is -1.92. The van der Waals surface area contributed by atoms with Gasteiger partial charge < -0.3 is 9.73 Å². The number of hydrogen-bond acceptors (Lipinski definition) is 1. The Morgan fingerprint density at radius 3 is 2.92 bits per heavy atom. The number of quaternary nitrogens is 1. The van der Waals surface area contributed by atoms with Crippen LogP contribution in [-0.2, 0) is 6.54 Å². The molecule has 2 rings (SSSR count). The lowest BCUT2D eigenvalue weighted by atomic mass is 10.3. The van der Waals surface area contributed by atoms with Crippen LogP contribution in [0, 0.1) is 5.92 Å². The van der Waals surface area contributed by atoms with E-state index in [0.29, 0.717) is 0 Å². The van der Waals surface area contributed by atoms with Gasteiger partial charge in [0.1, 0.15) is 12.3 Å². The van der Waals surface area contributed by atoms with Crippen LogP contribution in [0.15, 0.2) is 16.5 Å². The quantitative estimate of drug-likeness (QED) is 0.716. The molecular formula is C10H16NO+. The molecular weight excluding hydrogens is 150 g/mol. The van der Waals surface area contributed by atoms with Crippen molar-refractivity contribution in [1.29, 1.82) is 0 Å². The molecule has 0 unspecified atom stereocenters. The van der Waals surface area contributed by atoms with E-state index in [4.69, 9.17) is 4.42 Å². The molecule has 0 aromatic carbocycles. The van der Waals surface area contributed by atoms with Gasteiger partial charge in [0.25, 0.3) is 0 Å². The predicted molar refractivity (Wildman–Crippen MR) is 46.8 cm³/mol. The maximum Gasteiger partial charge on any atom is 0.158 e. The maximum absolute atomic E-state index is 5.69. The molecule has 1 fully saturated rings. The number of rotatable bonds is 3. The highest BCUT2D eigenvalue weighted by Gasteiger charge is 2.36. The van der Waals surface area contributed by atoms with Crippen LogP contribution in [0.1, 0.15) is 30.8 Å². The van der Waals surface area contributed by atoms with Gasteiger partial charge in [-0.15, -0.1) is 0 Å². The monoisotopic (exact) mass is 166 g/mol. The maximum atomic E-state index is 5.69. The third-order valence-corrected chi connectivity index (χ3v) is 2.56. The van der Waals surface area contributed by atoms with Crippen molar-refractivity contribution in [3.63, 3.8) is 0 Å². The molecule has 1 saturated carbocycles. The van der Waals surface area contributed by atoms with Crippen molar-refractivity contribution < 1.29 is 9.73 Å². The van der Waals surface area contributed by atoms with Crippen molar-refractivity contribution in [3.8, 4) is 0 Å². The minimum Gasteiger partial charge on any atom is -0.460 e. The first-order valence-electron chi connectivity index (χ1n) is 4.67. The highest BCUT2D eigenvalue weighted by atomic mass is 16.3. The smallest absolute Gasteiger partial charge is 0.158 e. The second-order valence-corrected chi connectivity index (χ2v) is 3.74. The first kappa shape index (κ1) is 7.87. The molecule has 0 aliphatic heterocycles. The average molecular weight is 166 g/mol. The fraction of sp³-hybridized carbons (Fsp3) is 0.600. The van der Waals surface area contributed by atoms with E-state index >= 15 is 0 Å². The van der Waals surface area contributed by atoms with Crippen LogP contribution in [0.3, 0.4) is 0 Å². The van der Waals surface area contributed by atoms with Crippen LogP contribution in [-0.4, -0.2) is 7.05 Å². The largest absolute Gasteiger partial charge is 0.460 e. The Balaban J connectivity index is 2.04. The van der Waals surface area contributed by atoms with Gasteiger partial charge >= 0.3 is 0 Å². The van der Waals surface area contributed by atoms with Crippen molar-refractivity contribution in [2.75, 3.05) is 7.05 Å². The summed E-state index contributed by atoms with van der Waals surface area (Å²) in [5, 5.41) is 2.12. The van der Waals surface area contributed by atoms with Crippen LogP contribution in [0.5, 0.6) is 0 Å². The zero-order valence-corrected chi connectivity index (χ0v) is 7.71. The highest BCUT2D eigenvalue weighted by Crippen LogP contribution is 2.47. The van der Waals surface area contributed by atoms with Gasteiger partial charge in [-0.05, 0) is 24.5 Å². The van der Waals surface area contributed by atoms with Crippen LogP contribution in [0.4, 0.5) is 0 Å². The average Bonchev–Trinajstić information content (AvgIpc) is 2.62. The van der Waals surface area contributed by atoms with Gasteiger partial charge in [0.15, 0.2) is 5.76 Å². The summed E-state index contributed by atoms with van der Waals surface area (Å²) in [6, 6.07) is 4.23. The Hall–Kier alpha value is -0.760. The molecule has 2 nitrogen and oxygen atoms in total. The Morgan fingerprint density at radius 2 is 2.33 bits per heavy atom. The van der Waals surface area contributed by atoms with E-state index in [1.54, 1.807) is 0 Å². The van der Waals surface area contributed by atoms with E-state index in [0.717, 1.165) is 24.1 Å². The van der Waals surface area contributed by atoms with Gasteiger partial charge in [-0.1, -0.05) is 6.92 Å². The minimum atomic E-state index is 0.718. The summed E-state index contributed by atoms with van der Waals surface area (Å²) in [5.41, 5.74) is 0. The second-order valence-electron chi connectivity index (χ2n) is 3.74. The van der Waals surface area contributed by atoms with Gasteiger partial charge in [0.2, 0.25) is 0 Å². The molecule has 1 aliphatic carbocycles. The Labute approximate surface area is 73.0 Å². The van der Waals surface area contributed by atoms with E-state index in [1.165, 1.54) is 12.2 Å². The van der Waals surface area contributed by atoms with Crippen LogP contribution < -0.4 is 5.32 Å². The number of nitrogens with two attached hydrogens (primary N) is 1. The molecule has 2 atom stereocenters. The Kier molecular flexibility index (Phi) is 1.93. The molecule has 1 aliphatic rings. The van der Waals surface area contributed by atoms with Crippen LogP contribution in [0.2, 0.25) is 0 Å². The van der Waals surface area contributed by atoms with Crippen molar-refractivity contribution in [2.45, 2.75) is 25.8 Å². The fourth-order valence-corrected chi connectivity index (χ4v) is 1.62. The molecule has 2 N–H and O–H groups in total. The van der Waals surface area contributed by atoms with Gasteiger partial charge in [-0.25, -0.2) is 0 Å². The molecule has 1 heterocycles. The summed E-state index contributed by atoms with van der Waals surface area (Å²) in [4.78, 5) is 0. The number of furan rings is 1. The minimum absolute atomic E-state index is 0.718. The highest BCUT2D eigenvalue weighted by molar-refractivity contribution is 5.17. The summed E-state index contributed by atoms with van der Waals surface area (Å²) in [5.74, 6) is 3.86. The van der Waals surface area contributed by atoms with E-state index in [-0.39, 0.29) is 0 Å². The summed E-state index contributed by atoms with van der Waals surface area (Å²) in [6.07, 6.45) is 1.31. The van der Waals surface area contributed by atoms with Crippen LogP contribution >= 0.6 is 0 Å². The number of hydrogen-bond donors (Lipinski definition) is 1. The zero-order valence-electron chi connectivity index (χ0n) is 7.71. The molecule has 1 aromatic heterocycles. The summed E-state index contributed by atoms with van der Waals surface area (Å²) in [6.45, 7) is 3.24. The summed E-state index contributed by atoms with van der Waals surface area (Å²) in [7, 11) is 2.06. The Bertz CT molecular complexity index is 267. The molecule has 0 bridgehead atoms. The van der Waals surface area contributed by atoms with E-state index < -0.39 is 0 Å². The van der Waals surface area contributed by atoms with Crippen molar-refractivity contribution in [1.82, 2.24) is 0 Å². The molecule has 12 heavy (non-hydrogen) atoms. The summed E-state index contributed by atoms with van der Waals surface area (Å²) < 4.78 is 5.69. The Morgan fingerprint density at radius 1 is 1.58 bits per heavy atom. The predicted octanol–water partition coefficient (Wildman–Crippen LogP) is 1.10. The first-order valence-corrected chi connectivity index (χ1v) is 4.67. The van der Waals surface area contributed by atoms with Crippen molar-refractivity contribution in [3.05, 3.63) is 23.7 Å². The fourth-order valence-electron chi connectivity index (χ4n) is 1.62. The van der Waals surface area contributed by atoms with Gasteiger partial charge in [0, 0.05) is 5.92 Å². The molecule has 66 valence electrons. The van der Waals surface area contributed by atoms with E-state index in [1.807, 2.05) is 0 Å². The molecule has 1 aromatic rings. The SMILES string of the molecule is C[NH2+]Cc1ccc([C@@H]2C[C@@H]2C)o1. The molecule has 0 spiro atoms. The normalized spacial score (nSPS) is 27.5. The standard InChI is InChI=1S/C10H15NO/c1-7-5-9(7)10-4-3-8(12-10)6-11-2/h3-4,7,9,11H,5-6H2,1-2H3/p+1/t7-,9+/m0/s1. The third-order valence-electron chi connectivity index (χ3n) is 2.56. The van der Waals surface area contributed by atoms with E-state index in [2.05, 4.69) is 31.4 Å². The first-order chi connectivity index (χ1) is 5.81. The second kappa shape index (κ2) is 2.94. The molecule has 2 heteroatoms. The topological polar surface area (TPSA) is 29.8 Å². The zero-order chi connectivity index (χ0) is 8.55. The van der Waals surface area contributed by atoms with Crippen LogP contribution in [0.25, 0.3) is 0 Å².